The molecule has 7 heteroatoms. The van der Waals surface area contributed by atoms with Crippen molar-refractivity contribution in [3.8, 4) is 0 Å². The molecule has 0 radical (unpaired) electrons. The van der Waals surface area contributed by atoms with Crippen molar-refractivity contribution in [3.63, 3.8) is 0 Å². The Labute approximate surface area is 262 Å². The third-order valence-corrected chi connectivity index (χ3v) is 8.58. The molecule has 1 amide bonds. The lowest BCUT2D eigenvalue weighted by atomic mass is 10.0. The van der Waals surface area contributed by atoms with Crippen molar-refractivity contribution < 1.29 is 14.3 Å². The second-order valence-corrected chi connectivity index (χ2v) is 12.9. The molecule has 0 saturated carbocycles. The summed E-state index contributed by atoms with van der Waals surface area (Å²) < 4.78 is 7.89. The number of nitrogens with zero attached hydrogens (tertiary/aromatic N) is 4. The number of fused-ring (bicyclic) bond motifs is 1. The lowest BCUT2D eigenvalue weighted by molar-refractivity contribution is -0.155. The summed E-state index contributed by atoms with van der Waals surface area (Å²) in [6.07, 6.45) is 25.6. The molecule has 0 N–H and O–H groups in total. The van der Waals surface area contributed by atoms with E-state index in [0.29, 0.717) is 25.4 Å². The summed E-state index contributed by atoms with van der Waals surface area (Å²) in [5.74, 6) is 1.06. The van der Waals surface area contributed by atoms with E-state index in [1.54, 1.807) is 24.3 Å². The Hall–Kier alpha value is -2.44. The molecule has 0 aliphatic carbocycles. The smallest absolute Gasteiger partial charge is 0.328 e. The van der Waals surface area contributed by atoms with Gasteiger partial charge in [0.2, 0.25) is 5.91 Å². The van der Waals surface area contributed by atoms with E-state index in [1.807, 2.05) is 13.0 Å². The number of hydrogen-bond acceptors (Lipinski definition) is 5. The summed E-state index contributed by atoms with van der Waals surface area (Å²) >= 11 is 0. The van der Waals surface area contributed by atoms with E-state index >= 15 is 0 Å². The molecular weight excluding hydrogens is 536 g/mol. The van der Waals surface area contributed by atoms with Crippen molar-refractivity contribution in [1.29, 1.82) is 0 Å². The summed E-state index contributed by atoms with van der Waals surface area (Å²) in [6, 6.07) is 1.49. The van der Waals surface area contributed by atoms with E-state index in [1.165, 1.54) is 77.0 Å². The minimum Gasteiger partial charge on any atom is -0.464 e. The van der Waals surface area contributed by atoms with E-state index < -0.39 is 6.04 Å². The fourth-order valence-electron chi connectivity index (χ4n) is 5.88. The van der Waals surface area contributed by atoms with E-state index in [4.69, 9.17) is 4.74 Å². The van der Waals surface area contributed by atoms with Crippen LogP contribution in [-0.2, 0) is 20.9 Å². The molecule has 1 atom stereocenters. The summed E-state index contributed by atoms with van der Waals surface area (Å²) in [5, 5.41) is 0. The largest absolute Gasteiger partial charge is 0.464 e. The number of aryl methyl sites for hydroxylation is 2. The number of rotatable bonds is 25. The zero-order chi connectivity index (χ0) is 31.3. The maximum absolute atomic E-state index is 13.0. The van der Waals surface area contributed by atoms with Gasteiger partial charge in [0.05, 0.1) is 18.3 Å². The van der Waals surface area contributed by atoms with Crippen LogP contribution in [0, 0.1) is 12.8 Å². The number of carbonyl (C=O) groups excluding carboxylic acids is 2. The van der Waals surface area contributed by atoms with Crippen LogP contribution in [0.15, 0.2) is 18.5 Å². The first-order chi connectivity index (χ1) is 20.8. The average Bonchev–Trinajstić information content (AvgIpc) is 3.31. The topological polar surface area (TPSA) is 77.3 Å². The molecule has 0 bridgehead atoms. The molecule has 7 nitrogen and oxygen atoms in total. The van der Waals surface area contributed by atoms with Gasteiger partial charge in [-0.15, -0.1) is 0 Å². The zero-order valence-electron chi connectivity index (χ0n) is 28.2. The SMILES string of the molecule is CCCCCCCCCCCCCCCCOC(=O)[C@H](CC(C)C)N(C)C(=O)CCCCCn1c(C)nc2cnccc21. The Morgan fingerprint density at radius 1 is 0.860 bits per heavy atom. The number of likely N-dealkylation sites (N-methyl/N-ethyl adjacent to an activating group) is 1. The maximum atomic E-state index is 13.0. The highest BCUT2D eigenvalue weighted by molar-refractivity contribution is 5.84. The van der Waals surface area contributed by atoms with Crippen LogP contribution in [0.4, 0.5) is 0 Å². The summed E-state index contributed by atoms with van der Waals surface area (Å²) in [7, 11) is 1.76. The molecule has 0 spiro atoms. The van der Waals surface area contributed by atoms with Crippen LogP contribution in [0.25, 0.3) is 11.0 Å². The van der Waals surface area contributed by atoms with Crippen LogP contribution in [0.2, 0.25) is 0 Å². The van der Waals surface area contributed by atoms with Crippen molar-refractivity contribution in [2.75, 3.05) is 13.7 Å². The van der Waals surface area contributed by atoms with Gasteiger partial charge < -0.3 is 14.2 Å². The molecule has 2 aromatic heterocycles. The highest BCUT2D eigenvalue weighted by Gasteiger charge is 2.28. The lowest BCUT2D eigenvalue weighted by Gasteiger charge is -2.28. The molecular formula is C36H62N4O3. The van der Waals surface area contributed by atoms with Crippen molar-refractivity contribution in [2.45, 2.75) is 162 Å². The Morgan fingerprint density at radius 2 is 1.44 bits per heavy atom. The van der Waals surface area contributed by atoms with Crippen molar-refractivity contribution in [2.24, 2.45) is 5.92 Å². The van der Waals surface area contributed by atoms with Crippen LogP contribution in [0.5, 0.6) is 0 Å². The fourth-order valence-corrected chi connectivity index (χ4v) is 5.88. The Bertz CT molecular complexity index is 1030. The standard InChI is InChI=1S/C36H62N4O3/c1-6-7-8-9-10-11-12-13-14-15-16-17-18-22-27-43-36(42)34(28-30(2)3)39(5)35(41)23-20-19-21-26-40-31(4)38-32-29-37-25-24-33(32)40/h24-25,29-30,34H,6-23,26-28H2,1-5H3/t34-/m0/s1. The van der Waals surface area contributed by atoms with Crippen molar-refractivity contribution >= 4 is 22.9 Å². The van der Waals surface area contributed by atoms with Gasteiger partial charge in [-0.3, -0.25) is 9.78 Å². The number of ether oxygens (including phenoxy) is 1. The van der Waals surface area contributed by atoms with Crippen molar-refractivity contribution in [1.82, 2.24) is 19.4 Å². The molecule has 2 aromatic rings. The molecule has 0 aromatic carbocycles. The van der Waals surface area contributed by atoms with Crippen molar-refractivity contribution in [3.05, 3.63) is 24.3 Å². The molecule has 0 saturated heterocycles. The second kappa shape index (κ2) is 22.1. The zero-order valence-corrected chi connectivity index (χ0v) is 28.2. The number of pyridine rings is 1. The molecule has 0 fully saturated rings. The number of imidazole rings is 1. The molecule has 43 heavy (non-hydrogen) atoms. The number of hydrogen-bond donors (Lipinski definition) is 0. The first-order valence-electron chi connectivity index (χ1n) is 17.5. The molecule has 0 unspecified atom stereocenters. The molecule has 0 aliphatic heterocycles. The molecule has 244 valence electrons. The lowest BCUT2D eigenvalue weighted by Crippen LogP contribution is -2.44. The number of esters is 1. The monoisotopic (exact) mass is 598 g/mol. The van der Waals surface area contributed by atoms with E-state index in [-0.39, 0.29) is 11.9 Å². The van der Waals surface area contributed by atoms with Gasteiger partial charge in [-0.2, -0.15) is 0 Å². The van der Waals surface area contributed by atoms with Gasteiger partial charge in [0.1, 0.15) is 17.4 Å². The quantitative estimate of drug-likeness (QED) is 0.0841. The van der Waals surface area contributed by atoms with Gasteiger partial charge in [0, 0.05) is 26.2 Å². The third-order valence-electron chi connectivity index (χ3n) is 8.58. The van der Waals surface area contributed by atoms with Gasteiger partial charge in [-0.05, 0) is 44.6 Å². The van der Waals surface area contributed by atoms with Crippen LogP contribution >= 0.6 is 0 Å². The van der Waals surface area contributed by atoms with Gasteiger partial charge >= 0.3 is 5.97 Å². The average molecular weight is 599 g/mol. The molecule has 2 rings (SSSR count). The first-order valence-corrected chi connectivity index (χ1v) is 17.5. The molecule has 0 aliphatic rings. The number of aromatic nitrogens is 3. The predicted octanol–water partition coefficient (Wildman–Crippen LogP) is 9.20. The summed E-state index contributed by atoms with van der Waals surface area (Å²) in [5.41, 5.74) is 2.02. The van der Waals surface area contributed by atoms with Crippen LogP contribution in [0.1, 0.15) is 149 Å². The normalized spacial score (nSPS) is 12.2. The van der Waals surface area contributed by atoms with Crippen LogP contribution in [0.3, 0.4) is 0 Å². The molecule has 2 heterocycles. The number of amides is 1. The summed E-state index contributed by atoms with van der Waals surface area (Å²) in [4.78, 5) is 36.3. The third kappa shape index (κ3) is 14.7. The minimum atomic E-state index is -0.507. The predicted molar refractivity (Wildman–Crippen MR) is 178 cm³/mol. The van der Waals surface area contributed by atoms with Gasteiger partial charge in [-0.1, -0.05) is 111 Å². The van der Waals surface area contributed by atoms with Gasteiger partial charge in [0.25, 0.3) is 0 Å². The summed E-state index contributed by atoms with van der Waals surface area (Å²) in [6.45, 7) is 9.79. The van der Waals surface area contributed by atoms with E-state index in [2.05, 4.69) is 35.3 Å². The first kappa shape index (κ1) is 36.8. The fraction of sp³-hybridized carbons (Fsp3) is 0.778. The van der Waals surface area contributed by atoms with E-state index in [9.17, 15) is 9.59 Å². The number of carbonyl (C=O) groups is 2. The highest BCUT2D eigenvalue weighted by Crippen LogP contribution is 2.18. The Morgan fingerprint density at radius 3 is 2.05 bits per heavy atom. The van der Waals surface area contributed by atoms with Gasteiger partial charge in [0.15, 0.2) is 0 Å². The van der Waals surface area contributed by atoms with E-state index in [0.717, 1.165) is 55.5 Å². The highest BCUT2D eigenvalue weighted by atomic mass is 16.5. The Kier molecular flexibility index (Phi) is 18.9. The number of unbranched alkanes of at least 4 members (excludes halogenated alkanes) is 15. The Balaban J connectivity index is 1.57. The maximum Gasteiger partial charge on any atom is 0.328 e. The van der Waals surface area contributed by atoms with Crippen LogP contribution < -0.4 is 0 Å². The van der Waals surface area contributed by atoms with Crippen LogP contribution in [-0.4, -0.2) is 51.0 Å². The second-order valence-electron chi connectivity index (χ2n) is 12.9. The van der Waals surface area contributed by atoms with Gasteiger partial charge in [-0.25, -0.2) is 9.78 Å². The minimum absolute atomic E-state index is 0.0226.